The fraction of sp³-hybridized carbons (Fsp3) is 0.200. The Balaban J connectivity index is 2.37. The SMILES string of the molecule is C=CCOc1c(Br)cc(/C=C2/NC(=O)N(C)C2=O)cc1OC. The van der Waals surface area contributed by atoms with Crippen molar-refractivity contribution in [3.8, 4) is 11.5 Å². The number of hydrogen-bond acceptors (Lipinski definition) is 4. The number of ether oxygens (including phenoxy) is 2. The quantitative estimate of drug-likeness (QED) is 0.494. The molecule has 116 valence electrons. The van der Waals surface area contributed by atoms with Crippen LogP contribution in [0.2, 0.25) is 0 Å². The minimum absolute atomic E-state index is 0.209. The third-order valence-corrected chi connectivity index (χ3v) is 3.58. The summed E-state index contributed by atoms with van der Waals surface area (Å²) in [5.74, 6) is 0.670. The maximum absolute atomic E-state index is 11.9. The van der Waals surface area contributed by atoms with Crippen molar-refractivity contribution in [1.82, 2.24) is 10.2 Å². The number of carbonyl (C=O) groups is 2. The summed E-state index contributed by atoms with van der Waals surface area (Å²) in [6, 6.07) is 3.04. The molecule has 3 amide bonds. The normalized spacial score (nSPS) is 16.0. The number of carbonyl (C=O) groups excluding carboxylic acids is 2. The van der Waals surface area contributed by atoms with E-state index < -0.39 is 6.03 Å². The van der Waals surface area contributed by atoms with Crippen molar-refractivity contribution in [2.45, 2.75) is 0 Å². The van der Waals surface area contributed by atoms with Gasteiger partial charge in [0.2, 0.25) is 0 Å². The predicted molar refractivity (Wildman–Crippen MR) is 85.7 cm³/mol. The largest absolute Gasteiger partial charge is 0.493 e. The topological polar surface area (TPSA) is 67.9 Å². The molecular weight excluding hydrogens is 352 g/mol. The molecule has 2 rings (SSSR count). The fourth-order valence-electron chi connectivity index (χ4n) is 1.90. The summed E-state index contributed by atoms with van der Waals surface area (Å²) in [5.41, 5.74) is 0.898. The Bertz CT molecular complexity index is 670. The fourth-order valence-corrected chi connectivity index (χ4v) is 2.47. The average molecular weight is 367 g/mol. The third kappa shape index (κ3) is 3.14. The van der Waals surface area contributed by atoms with Gasteiger partial charge in [-0.25, -0.2) is 4.79 Å². The monoisotopic (exact) mass is 366 g/mol. The van der Waals surface area contributed by atoms with Crippen LogP contribution in [0.25, 0.3) is 6.08 Å². The Morgan fingerprint density at radius 1 is 1.41 bits per heavy atom. The summed E-state index contributed by atoms with van der Waals surface area (Å²) < 4.78 is 11.5. The molecule has 6 nitrogen and oxygen atoms in total. The van der Waals surface area contributed by atoms with Gasteiger partial charge in [-0.05, 0) is 39.7 Å². The molecule has 0 spiro atoms. The van der Waals surface area contributed by atoms with Crippen LogP contribution in [0.5, 0.6) is 11.5 Å². The van der Waals surface area contributed by atoms with Gasteiger partial charge in [0.05, 0.1) is 11.6 Å². The number of nitrogens with one attached hydrogen (secondary N) is 1. The molecule has 1 aromatic carbocycles. The van der Waals surface area contributed by atoms with Gasteiger partial charge in [0, 0.05) is 7.05 Å². The Hall–Kier alpha value is -2.28. The Labute approximate surface area is 136 Å². The Kier molecular flexibility index (Phi) is 4.87. The Morgan fingerprint density at radius 2 is 2.14 bits per heavy atom. The number of hydrogen-bond donors (Lipinski definition) is 1. The van der Waals surface area contributed by atoms with Crippen LogP contribution in [0.3, 0.4) is 0 Å². The van der Waals surface area contributed by atoms with Crippen LogP contribution in [0.1, 0.15) is 5.56 Å². The van der Waals surface area contributed by atoms with Crippen LogP contribution in [0.15, 0.2) is 35.0 Å². The number of benzene rings is 1. The highest BCUT2D eigenvalue weighted by Gasteiger charge is 2.30. The summed E-state index contributed by atoms with van der Waals surface area (Å²) in [5, 5.41) is 2.51. The van der Waals surface area contributed by atoms with Crippen molar-refractivity contribution < 1.29 is 19.1 Å². The number of imide groups is 1. The van der Waals surface area contributed by atoms with Crippen LogP contribution in [0, 0.1) is 0 Å². The van der Waals surface area contributed by atoms with E-state index in [4.69, 9.17) is 9.47 Å². The van der Waals surface area contributed by atoms with E-state index >= 15 is 0 Å². The van der Waals surface area contributed by atoms with Gasteiger partial charge in [-0.15, -0.1) is 0 Å². The molecule has 1 N–H and O–H groups in total. The van der Waals surface area contributed by atoms with Gasteiger partial charge in [0.25, 0.3) is 5.91 Å². The van der Waals surface area contributed by atoms with Gasteiger partial charge in [0.1, 0.15) is 12.3 Å². The third-order valence-electron chi connectivity index (χ3n) is 2.99. The highest BCUT2D eigenvalue weighted by molar-refractivity contribution is 9.10. The molecule has 1 saturated heterocycles. The highest BCUT2D eigenvalue weighted by atomic mass is 79.9. The van der Waals surface area contributed by atoms with Gasteiger partial charge in [-0.1, -0.05) is 12.7 Å². The Morgan fingerprint density at radius 3 is 2.68 bits per heavy atom. The van der Waals surface area contributed by atoms with E-state index in [2.05, 4.69) is 27.8 Å². The van der Waals surface area contributed by atoms with Gasteiger partial charge in [0.15, 0.2) is 11.5 Å². The van der Waals surface area contributed by atoms with Gasteiger partial charge >= 0.3 is 6.03 Å². The van der Waals surface area contributed by atoms with E-state index in [1.807, 2.05) is 0 Å². The van der Waals surface area contributed by atoms with Crippen LogP contribution in [-0.4, -0.2) is 37.6 Å². The number of urea groups is 1. The van der Waals surface area contributed by atoms with E-state index in [0.29, 0.717) is 28.1 Å². The number of amides is 3. The molecule has 0 aromatic heterocycles. The van der Waals surface area contributed by atoms with Crippen molar-refractivity contribution in [2.75, 3.05) is 20.8 Å². The van der Waals surface area contributed by atoms with E-state index in [1.165, 1.54) is 14.2 Å². The molecule has 7 heteroatoms. The summed E-state index contributed by atoms with van der Waals surface area (Å²) in [6.07, 6.45) is 3.21. The molecule has 0 saturated carbocycles. The smallest absolute Gasteiger partial charge is 0.328 e. The average Bonchev–Trinajstić information content (AvgIpc) is 2.73. The molecule has 0 radical (unpaired) electrons. The van der Waals surface area contributed by atoms with Gasteiger partial charge in [-0.2, -0.15) is 0 Å². The minimum atomic E-state index is -0.451. The molecule has 0 unspecified atom stereocenters. The van der Waals surface area contributed by atoms with Crippen LogP contribution >= 0.6 is 15.9 Å². The van der Waals surface area contributed by atoms with Crippen molar-refractivity contribution in [2.24, 2.45) is 0 Å². The van der Waals surface area contributed by atoms with E-state index in [-0.39, 0.29) is 11.6 Å². The molecule has 1 aliphatic rings. The zero-order chi connectivity index (χ0) is 16.3. The molecular formula is C15H15BrN2O4. The van der Waals surface area contributed by atoms with Crippen molar-refractivity contribution in [3.63, 3.8) is 0 Å². The first-order valence-corrected chi connectivity index (χ1v) is 7.19. The van der Waals surface area contributed by atoms with Crippen LogP contribution < -0.4 is 14.8 Å². The van der Waals surface area contributed by atoms with Crippen molar-refractivity contribution in [3.05, 3.63) is 40.5 Å². The number of halogens is 1. The molecule has 0 aliphatic carbocycles. The standard InChI is InChI=1S/C15H15BrN2O4/c1-4-5-22-13-10(16)6-9(8-12(13)21-3)7-11-14(19)18(2)15(20)17-11/h4,6-8H,1,5H2,2-3H3,(H,17,20)/b11-7+. The van der Waals surface area contributed by atoms with E-state index in [9.17, 15) is 9.59 Å². The van der Waals surface area contributed by atoms with E-state index in [0.717, 1.165) is 4.90 Å². The van der Waals surface area contributed by atoms with Crippen molar-refractivity contribution >= 4 is 33.9 Å². The lowest BCUT2D eigenvalue weighted by molar-refractivity contribution is -0.121. The van der Waals surface area contributed by atoms with Crippen LogP contribution in [0.4, 0.5) is 4.79 Å². The zero-order valence-electron chi connectivity index (χ0n) is 12.2. The summed E-state index contributed by atoms with van der Waals surface area (Å²) in [6.45, 7) is 3.94. The number of rotatable bonds is 5. The maximum atomic E-state index is 11.9. The summed E-state index contributed by atoms with van der Waals surface area (Å²) in [4.78, 5) is 24.3. The molecule has 22 heavy (non-hydrogen) atoms. The first-order valence-electron chi connectivity index (χ1n) is 6.40. The second-order valence-corrected chi connectivity index (χ2v) is 5.34. The lowest BCUT2D eigenvalue weighted by Gasteiger charge is -2.12. The van der Waals surface area contributed by atoms with Gasteiger partial charge in [-0.3, -0.25) is 9.69 Å². The zero-order valence-corrected chi connectivity index (χ0v) is 13.8. The molecule has 1 heterocycles. The molecule has 0 atom stereocenters. The molecule has 1 aliphatic heterocycles. The maximum Gasteiger partial charge on any atom is 0.328 e. The molecule has 1 aromatic rings. The first kappa shape index (κ1) is 16.1. The number of likely N-dealkylation sites (N-methyl/N-ethyl adjacent to an activating group) is 1. The lowest BCUT2D eigenvalue weighted by atomic mass is 10.1. The van der Waals surface area contributed by atoms with Crippen molar-refractivity contribution in [1.29, 1.82) is 0 Å². The van der Waals surface area contributed by atoms with Gasteiger partial charge < -0.3 is 14.8 Å². The molecule has 1 fully saturated rings. The second-order valence-electron chi connectivity index (χ2n) is 4.49. The highest BCUT2D eigenvalue weighted by Crippen LogP contribution is 2.37. The van der Waals surface area contributed by atoms with Crippen LogP contribution in [-0.2, 0) is 4.79 Å². The molecule has 0 bridgehead atoms. The second kappa shape index (κ2) is 6.65. The number of methoxy groups -OCH3 is 1. The summed E-state index contributed by atoms with van der Waals surface area (Å²) in [7, 11) is 2.94. The minimum Gasteiger partial charge on any atom is -0.493 e. The van der Waals surface area contributed by atoms with E-state index in [1.54, 1.807) is 24.3 Å². The first-order chi connectivity index (χ1) is 10.5. The summed E-state index contributed by atoms with van der Waals surface area (Å²) >= 11 is 3.41. The lowest BCUT2D eigenvalue weighted by Crippen LogP contribution is -2.25. The predicted octanol–water partition coefficient (Wildman–Crippen LogP) is 2.55. The number of nitrogens with zero attached hydrogens (tertiary/aromatic N) is 1.